The summed E-state index contributed by atoms with van der Waals surface area (Å²) in [6, 6.07) is 5.68. The van der Waals surface area contributed by atoms with Gasteiger partial charge in [0.15, 0.2) is 0 Å². The summed E-state index contributed by atoms with van der Waals surface area (Å²) in [4.78, 5) is 0. The van der Waals surface area contributed by atoms with E-state index in [1.807, 2.05) is 13.0 Å². The van der Waals surface area contributed by atoms with Gasteiger partial charge in [-0.1, -0.05) is 81.5 Å². The molecule has 3 rings (SSSR count). The van der Waals surface area contributed by atoms with Crippen LogP contribution in [-0.2, 0) is 5.41 Å². The lowest BCUT2D eigenvalue weighted by Crippen LogP contribution is -2.12. The molecule has 0 heterocycles. The summed E-state index contributed by atoms with van der Waals surface area (Å²) in [5, 5.41) is 9.46. The molecule has 0 amide bonds. The Morgan fingerprint density at radius 2 is 1.27 bits per heavy atom. The number of allylic oxidation sites excluding steroid dienone is 8. The van der Waals surface area contributed by atoms with Gasteiger partial charge in [0.05, 0.1) is 0 Å². The SMILES string of the molecule is C1=CCC=C1.C1=CCC=C1.Cc1c(O)cccc1C(C)(C)C. The van der Waals surface area contributed by atoms with Gasteiger partial charge in [0, 0.05) is 0 Å². The minimum absolute atomic E-state index is 0.114. The maximum absolute atomic E-state index is 9.46. The van der Waals surface area contributed by atoms with Gasteiger partial charge in [-0.2, -0.15) is 0 Å². The largest absolute Gasteiger partial charge is 0.508 e. The molecule has 0 aliphatic heterocycles. The second kappa shape index (κ2) is 9.09. The Bertz CT molecular complexity index is 524. The van der Waals surface area contributed by atoms with E-state index in [0.717, 1.165) is 18.4 Å². The van der Waals surface area contributed by atoms with E-state index in [1.165, 1.54) is 5.56 Å². The molecule has 0 atom stereocenters. The van der Waals surface area contributed by atoms with Gasteiger partial charge in [0.2, 0.25) is 0 Å². The Labute approximate surface area is 135 Å². The first-order chi connectivity index (χ1) is 10.4. The molecule has 0 radical (unpaired) electrons. The van der Waals surface area contributed by atoms with Crippen molar-refractivity contribution in [3.05, 3.63) is 77.9 Å². The van der Waals surface area contributed by atoms with E-state index in [2.05, 4.69) is 75.4 Å². The predicted octanol–water partition coefficient (Wildman–Crippen LogP) is 6.00. The third-order valence-corrected chi connectivity index (χ3v) is 3.42. The van der Waals surface area contributed by atoms with Crippen LogP contribution in [-0.4, -0.2) is 5.11 Å². The summed E-state index contributed by atoms with van der Waals surface area (Å²) < 4.78 is 0. The van der Waals surface area contributed by atoms with Crippen LogP contribution >= 0.6 is 0 Å². The van der Waals surface area contributed by atoms with Gasteiger partial charge in [0.25, 0.3) is 0 Å². The van der Waals surface area contributed by atoms with E-state index < -0.39 is 0 Å². The summed E-state index contributed by atoms with van der Waals surface area (Å²) >= 11 is 0. The lowest BCUT2D eigenvalue weighted by Gasteiger charge is -2.21. The van der Waals surface area contributed by atoms with Crippen molar-refractivity contribution in [1.29, 1.82) is 0 Å². The quantitative estimate of drug-likeness (QED) is 0.622. The summed E-state index contributed by atoms with van der Waals surface area (Å²) in [7, 11) is 0. The number of phenols is 1. The highest BCUT2D eigenvalue weighted by Gasteiger charge is 2.16. The van der Waals surface area contributed by atoms with Crippen molar-refractivity contribution in [1.82, 2.24) is 0 Å². The Morgan fingerprint density at radius 3 is 1.55 bits per heavy atom. The molecule has 118 valence electrons. The fourth-order valence-electron chi connectivity index (χ4n) is 2.22. The van der Waals surface area contributed by atoms with E-state index in [9.17, 15) is 5.11 Å². The fraction of sp³-hybridized carbons (Fsp3) is 0.333. The van der Waals surface area contributed by atoms with Crippen molar-refractivity contribution in [3.8, 4) is 5.75 Å². The number of hydrogen-bond acceptors (Lipinski definition) is 1. The van der Waals surface area contributed by atoms with Crippen molar-refractivity contribution in [2.24, 2.45) is 0 Å². The van der Waals surface area contributed by atoms with Crippen molar-refractivity contribution in [2.75, 3.05) is 0 Å². The zero-order valence-electron chi connectivity index (χ0n) is 14.2. The van der Waals surface area contributed by atoms with Gasteiger partial charge < -0.3 is 5.11 Å². The second-order valence-electron chi connectivity index (χ2n) is 6.38. The molecular formula is C21H28O. The van der Waals surface area contributed by atoms with E-state index in [4.69, 9.17) is 0 Å². The highest BCUT2D eigenvalue weighted by molar-refractivity contribution is 5.41. The summed E-state index contributed by atoms with van der Waals surface area (Å²) in [6.07, 6.45) is 19.0. The lowest BCUT2D eigenvalue weighted by atomic mass is 9.84. The van der Waals surface area contributed by atoms with Crippen LogP contribution in [0.3, 0.4) is 0 Å². The average Bonchev–Trinajstić information content (AvgIpc) is 3.19. The third kappa shape index (κ3) is 6.62. The van der Waals surface area contributed by atoms with Gasteiger partial charge in [-0.25, -0.2) is 0 Å². The Balaban J connectivity index is 0.000000197. The molecule has 1 nitrogen and oxygen atoms in total. The Kier molecular flexibility index (Phi) is 7.45. The molecule has 1 aromatic carbocycles. The number of aromatic hydroxyl groups is 1. The van der Waals surface area contributed by atoms with Crippen LogP contribution in [0.2, 0.25) is 0 Å². The maximum atomic E-state index is 9.46. The molecule has 2 aliphatic carbocycles. The average molecular weight is 296 g/mol. The fourth-order valence-corrected chi connectivity index (χ4v) is 2.22. The second-order valence-corrected chi connectivity index (χ2v) is 6.38. The molecule has 0 spiro atoms. The van der Waals surface area contributed by atoms with Gasteiger partial charge in [-0.3, -0.25) is 0 Å². The third-order valence-electron chi connectivity index (χ3n) is 3.42. The highest BCUT2D eigenvalue weighted by atomic mass is 16.3. The van der Waals surface area contributed by atoms with E-state index in [1.54, 1.807) is 6.07 Å². The Morgan fingerprint density at radius 1 is 0.818 bits per heavy atom. The van der Waals surface area contributed by atoms with Gasteiger partial charge in [0.1, 0.15) is 5.75 Å². The number of phenolic OH excluding ortho intramolecular Hbond substituents is 1. The smallest absolute Gasteiger partial charge is 0.118 e. The Hall–Kier alpha value is -2.02. The molecule has 0 saturated heterocycles. The molecule has 0 saturated carbocycles. The topological polar surface area (TPSA) is 20.2 Å². The minimum Gasteiger partial charge on any atom is -0.508 e. The highest BCUT2D eigenvalue weighted by Crippen LogP contribution is 2.29. The van der Waals surface area contributed by atoms with Crippen LogP contribution in [0.5, 0.6) is 5.75 Å². The first-order valence-corrected chi connectivity index (χ1v) is 7.85. The molecule has 0 aromatic heterocycles. The number of benzene rings is 1. The predicted molar refractivity (Wildman–Crippen MR) is 97.3 cm³/mol. The van der Waals surface area contributed by atoms with Gasteiger partial charge in [-0.15, -0.1) is 0 Å². The molecular weight excluding hydrogens is 268 g/mol. The normalized spacial score (nSPS) is 14.4. The van der Waals surface area contributed by atoms with Crippen molar-refractivity contribution in [3.63, 3.8) is 0 Å². The molecule has 1 aromatic rings. The monoisotopic (exact) mass is 296 g/mol. The molecule has 0 fully saturated rings. The first-order valence-electron chi connectivity index (χ1n) is 7.85. The van der Waals surface area contributed by atoms with E-state index in [-0.39, 0.29) is 5.41 Å². The van der Waals surface area contributed by atoms with Crippen LogP contribution in [0, 0.1) is 6.92 Å². The summed E-state index contributed by atoms with van der Waals surface area (Å²) in [5.41, 5.74) is 2.32. The maximum Gasteiger partial charge on any atom is 0.118 e. The van der Waals surface area contributed by atoms with Crippen LogP contribution in [0.25, 0.3) is 0 Å². The summed E-state index contributed by atoms with van der Waals surface area (Å²) in [6.45, 7) is 8.40. The molecule has 22 heavy (non-hydrogen) atoms. The van der Waals surface area contributed by atoms with Gasteiger partial charge >= 0.3 is 0 Å². The van der Waals surface area contributed by atoms with Crippen molar-refractivity contribution < 1.29 is 5.11 Å². The molecule has 1 N–H and O–H groups in total. The van der Waals surface area contributed by atoms with Crippen molar-refractivity contribution >= 4 is 0 Å². The number of rotatable bonds is 0. The molecule has 2 aliphatic rings. The minimum atomic E-state index is 0.114. The van der Waals surface area contributed by atoms with Crippen LogP contribution in [0.15, 0.2) is 66.8 Å². The molecule has 0 bridgehead atoms. The van der Waals surface area contributed by atoms with Gasteiger partial charge in [-0.05, 0) is 42.4 Å². The standard InChI is InChI=1S/C11H16O.2C5H6/c1-8-9(11(2,3)4)6-5-7-10(8)12;2*1-2-4-5-3-1/h5-7,12H,1-4H3;2*1-4H,5H2. The summed E-state index contributed by atoms with van der Waals surface area (Å²) in [5.74, 6) is 0.391. The molecule has 1 heteroatoms. The van der Waals surface area contributed by atoms with E-state index >= 15 is 0 Å². The first kappa shape index (κ1) is 18.0. The van der Waals surface area contributed by atoms with E-state index in [0.29, 0.717) is 5.75 Å². The van der Waals surface area contributed by atoms with Crippen LogP contribution < -0.4 is 0 Å². The number of hydrogen-bond donors (Lipinski definition) is 1. The van der Waals surface area contributed by atoms with Crippen LogP contribution in [0.4, 0.5) is 0 Å². The molecule has 0 unspecified atom stereocenters. The zero-order chi connectivity index (χ0) is 16.4. The van der Waals surface area contributed by atoms with Crippen molar-refractivity contribution in [2.45, 2.75) is 46.0 Å². The zero-order valence-corrected chi connectivity index (χ0v) is 14.2. The van der Waals surface area contributed by atoms with Crippen LogP contribution in [0.1, 0.15) is 44.7 Å². The lowest BCUT2D eigenvalue weighted by molar-refractivity contribution is 0.465.